The normalized spacial score (nSPS) is 18.5. The van der Waals surface area contributed by atoms with Crippen molar-refractivity contribution in [2.24, 2.45) is 0 Å². The van der Waals surface area contributed by atoms with Gasteiger partial charge in [0.1, 0.15) is 11.3 Å². The van der Waals surface area contributed by atoms with E-state index in [1.54, 1.807) is 25.5 Å². The maximum atomic E-state index is 12.8. The zero-order chi connectivity index (χ0) is 15.5. The van der Waals surface area contributed by atoms with E-state index in [0.717, 1.165) is 30.8 Å². The summed E-state index contributed by atoms with van der Waals surface area (Å²) in [5, 5.41) is 3.98. The molecule has 1 fully saturated rings. The number of hydrogen-bond donors (Lipinski definition) is 0. The number of likely N-dealkylation sites (tertiary alicyclic amines) is 1. The first-order valence-electron chi connectivity index (χ1n) is 7.71. The molecule has 1 amide bonds. The topological polar surface area (TPSA) is 72.1 Å². The Labute approximate surface area is 129 Å². The average molecular weight is 300 g/mol. The van der Waals surface area contributed by atoms with Crippen LogP contribution < -0.4 is 0 Å². The van der Waals surface area contributed by atoms with Crippen LogP contribution in [-0.4, -0.2) is 39.0 Å². The first-order valence-corrected chi connectivity index (χ1v) is 7.71. The third kappa shape index (κ3) is 2.73. The smallest absolute Gasteiger partial charge is 0.259 e. The van der Waals surface area contributed by atoms with Crippen molar-refractivity contribution >= 4 is 5.91 Å². The zero-order valence-electron chi connectivity index (χ0n) is 13.0. The molecule has 0 radical (unpaired) electrons. The molecule has 0 spiro atoms. The molecule has 116 valence electrons. The summed E-state index contributed by atoms with van der Waals surface area (Å²) in [6.45, 7) is 5.21. The Morgan fingerprint density at radius 2 is 2.32 bits per heavy atom. The van der Waals surface area contributed by atoms with Crippen LogP contribution in [0.25, 0.3) is 0 Å². The largest absolute Gasteiger partial charge is 0.361 e. The highest BCUT2D eigenvalue weighted by molar-refractivity contribution is 5.96. The van der Waals surface area contributed by atoms with Gasteiger partial charge in [0.15, 0.2) is 0 Å². The van der Waals surface area contributed by atoms with E-state index in [1.807, 2.05) is 11.8 Å². The number of nitrogens with zero attached hydrogens (tertiary/aromatic N) is 4. The Morgan fingerprint density at radius 1 is 1.45 bits per heavy atom. The van der Waals surface area contributed by atoms with E-state index >= 15 is 0 Å². The summed E-state index contributed by atoms with van der Waals surface area (Å²) in [6, 6.07) is 0. The molecule has 0 aliphatic carbocycles. The summed E-state index contributed by atoms with van der Waals surface area (Å²) in [5.74, 6) is 0.865. The van der Waals surface area contributed by atoms with Gasteiger partial charge >= 0.3 is 0 Å². The molecule has 1 atom stereocenters. The highest BCUT2D eigenvalue weighted by Crippen LogP contribution is 2.27. The summed E-state index contributed by atoms with van der Waals surface area (Å²) in [7, 11) is 0. The lowest BCUT2D eigenvalue weighted by Crippen LogP contribution is -2.39. The molecule has 0 unspecified atom stereocenters. The minimum absolute atomic E-state index is 0.0178. The van der Waals surface area contributed by atoms with Crippen LogP contribution in [0.5, 0.6) is 0 Å². The lowest BCUT2D eigenvalue weighted by atomic mass is 9.94. The first kappa shape index (κ1) is 14.7. The molecule has 22 heavy (non-hydrogen) atoms. The molecule has 2 aromatic heterocycles. The Hall–Kier alpha value is -2.24. The second kappa shape index (κ2) is 6.25. The molecule has 6 nitrogen and oxygen atoms in total. The van der Waals surface area contributed by atoms with E-state index in [-0.39, 0.29) is 11.8 Å². The minimum Gasteiger partial charge on any atom is -0.361 e. The minimum atomic E-state index is 0.0178. The molecule has 1 saturated heterocycles. The van der Waals surface area contributed by atoms with Gasteiger partial charge in [-0.1, -0.05) is 12.1 Å². The van der Waals surface area contributed by atoms with E-state index in [2.05, 4.69) is 15.1 Å². The molecular formula is C16H20N4O2. The number of amides is 1. The van der Waals surface area contributed by atoms with E-state index < -0.39 is 0 Å². The molecule has 3 heterocycles. The second-order valence-corrected chi connectivity index (χ2v) is 5.63. The van der Waals surface area contributed by atoms with Gasteiger partial charge in [-0.15, -0.1) is 0 Å². The third-order valence-electron chi connectivity index (χ3n) is 4.19. The molecule has 3 rings (SSSR count). The van der Waals surface area contributed by atoms with Gasteiger partial charge in [0.05, 0.1) is 11.4 Å². The van der Waals surface area contributed by atoms with Gasteiger partial charge in [-0.25, -0.2) is 0 Å². The maximum absolute atomic E-state index is 12.8. The molecule has 1 aliphatic heterocycles. The quantitative estimate of drug-likeness (QED) is 0.870. The van der Waals surface area contributed by atoms with Gasteiger partial charge in [-0.05, 0) is 26.2 Å². The summed E-state index contributed by atoms with van der Waals surface area (Å²) in [6.07, 6.45) is 7.86. The lowest BCUT2D eigenvalue weighted by molar-refractivity contribution is 0.0703. The zero-order valence-corrected chi connectivity index (χ0v) is 13.0. The maximum Gasteiger partial charge on any atom is 0.259 e. The standard InChI is InChI=1S/C16H20N4O2/c1-3-13-15(11(2)22-19-13)16(21)20-8-4-5-12(10-20)14-9-17-6-7-18-14/h6-7,9,12H,3-5,8,10H2,1-2H3/t12-/m1/s1. The van der Waals surface area contributed by atoms with Crippen molar-refractivity contribution < 1.29 is 9.32 Å². The number of hydrogen-bond acceptors (Lipinski definition) is 5. The van der Waals surface area contributed by atoms with Crippen LogP contribution in [0.15, 0.2) is 23.1 Å². The van der Waals surface area contributed by atoms with Crippen molar-refractivity contribution in [3.05, 3.63) is 41.3 Å². The molecule has 1 aliphatic rings. The monoisotopic (exact) mass is 300 g/mol. The van der Waals surface area contributed by atoms with Gasteiger partial charge in [-0.2, -0.15) is 0 Å². The number of aryl methyl sites for hydroxylation is 2. The number of carbonyl (C=O) groups excluding carboxylic acids is 1. The lowest BCUT2D eigenvalue weighted by Gasteiger charge is -2.32. The molecule has 2 aromatic rings. The summed E-state index contributed by atoms with van der Waals surface area (Å²) >= 11 is 0. The van der Waals surface area contributed by atoms with E-state index in [4.69, 9.17) is 4.52 Å². The summed E-state index contributed by atoms with van der Waals surface area (Å²) in [4.78, 5) is 23.2. The predicted molar refractivity (Wildman–Crippen MR) is 80.5 cm³/mol. The van der Waals surface area contributed by atoms with Crippen LogP contribution in [0.1, 0.15) is 53.2 Å². The molecule has 6 heteroatoms. The first-order chi connectivity index (χ1) is 10.7. The Bertz CT molecular complexity index is 653. The highest BCUT2D eigenvalue weighted by Gasteiger charge is 2.29. The van der Waals surface area contributed by atoms with Crippen LogP contribution in [0.2, 0.25) is 0 Å². The predicted octanol–water partition coefficient (Wildman–Crippen LogP) is 2.36. The van der Waals surface area contributed by atoms with E-state index in [0.29, 0.717) is 24.3 Å². The van der Waals surface area contributed by atoms with Crippen LogP contribution in [0.4, 0.5) is 0 Å². The van der Waals surface area contributed by atoms with Gasteiger partial charge in [0, 0.05) is 37.6 Å². The van der Waals surface area contributed by atoms with Gasteiger partial charge < -0.3 is 9.42 Å². The van der Waals surface area contributed by atoms with Crippen molar-refractivity contribution in [3.8, 4) is 0 Å². The van der Waals surface area contributed by atoms with Gasteiger partial charge in [0.2, 0.25) is 0 Å². The number of carbonyl (C=O) groups is 1. The Kier molecular flexibility index (Phi) is 4.18. The second-order valence-electron chi connectivity index (χ2n) is 5.63. The fourth-order valence-electron chi connectivity index (χ4n) is 3.02. The van der Waals surface area contributed by atoms with Crippen molar-refractivity contribution in [1.29, 1.82) is 0 Å². The van der Waals surface area contributed by atoms with Crippen molar-refractivity contribution in [2.45, 2.75) is 39.0 Å². The van der Waals surface area contributed by atoms with E-state index in [1.165, 1.54) is 0 Å². The number of aromatic nitrogens is 3. The molecule has 0 aromatic carbocycles. The van der Waals surface area contributed by atoms with Crippen LogP contribution >= 0.6 is 0 Å². The Balaban J connectivity index is 1.80. The van der Waals surface area contributed by atoms with Crippen LogP contribution in [0, 0.1) is 6.92 Å². The fraction of sp³-hybridized carbons (Fsp3) is 0.500. The van der Waals surface area contributed by atoms with Crippen molar-refractivity contribution in [1.82, 2.24) is 20.0 Å². The summed E-state index contributed by atoms with van der Waals surface area (Å²) in [5.41, 5.74) is 2.32. The molecule has 0 bridgehead atoms. The van der Waals surface area contributed by atoms with Crippen molar-refractivity contribution in [3.63, 3.8) is 0 Å². The SMILES string of the molecule is CCc1noc(C)c1C(=O)N1CCC[C@@H](c2cnccn2)C1. The van der Waals surface area contributed by atoms with Gasteiger partial charge in [-0.3, -0.25) is 14.8 Å². The van der Waals surface area contributed by atoms with Crippen LogP contribution in [0.3, 0.4) is 0 Å². The molecular weight excluding hydrogens is 280 g/mol. The molecule has 0 saturated carbocycles. The third-order valence-corrected chi connectivity index (χ3v) is 4.19. The molecule has 0 N–H and O–H groups in total. The number of piperidine rings is 1. The highest BCUT2D eigenvalue weighted by atomic mass is 16.5. The van der Waals surface area contributed by atoms with Crippen molar-refractivity contribution in [2.75, 3.05) is 13.1 Å². The van der Waals surface area contributed by atoms with Gasteiger partial charge in [0.25, 0.3) is 5.91 Å². The Morgan fingerprint density at radius 3 is 3.05 bits per heavy atom. The van der Waals surface area contributed by atoms with E-state index in [9.17, 15) is 4.79 Å². The summed E-state index contributed by atoms with van der Waals surface area (Å²) < 4.78 is 5.19. The van der Waals surface area contributed by atoms with Crippen LogP contribution in [-0.2, 0) is 6.42 Å². The fourth-order valence-corrected chi connectivity index (χ4v) is 3.02. The average Bonchev–Trinajstić information content (AvgIpc) is 2.96. The number of rotatable bonds is 3.